The standard InChI is InChI=1S/C46H29N5S/c1-4-14-30(15-5-1)32-18-12-19-33(28-32)44-48-43(31-16-6-2-7-17-31)49-45(50-44)36-22-13-25-41-42(36)37-29-34(26-27-40(37)52-41)46-47-38-23-10-11-24-39(38)51(46)35-20-8-3-9-21-35/h1-29H. The van der Waals surface area contributed by atoms with E-state index >= 15 is 0 Å². The number of nitrogens with zero attached hydrogens (tertiary/aromatic N) is 5. The number of benzene rings is 7. The number of rotatable bonds is 6. The van der Waals surface area contributed by atoms with Gasteiger partial charge in [-0.15, -0.1) is 11.3 Å². The van der Waals surface area contributed by atoms with Crippen LogP contribution in [-0.2, 0) is 0 Å². The average Bonchev–Trinajstić information content (AvgIpc) is 3.80. The summed E-state index contributed by atoms with van der Waals surface area (Å²) in [5.74, 6) is 2.81. The summed E-state index contributed by atoms with van der Waals surface area (Å²) in [7, 11) is 0. The lowest BCUT2D eigenvalue weighted by Crippen LogP contribution is -2.00. The summed E-state index contributed by atoms with van der Waals surface area (Å²) in [5, 5.41) is 2.27. The zero-order valence-corrected chi connectivity index (χ0v) is 28.7. The Morgan fingerprint density at radius 3 is 1.85 bits per heavy atom. The van der Waals surface area contributed by atoms with Crippen LogP contribution in [-0.4, -0.2) is 24.5 Å². The molecule has 0 radical (unpaired) electrons. The highest BCUT2D eigenvalue weighted by atomic mass is 32.1. The molecule has 3 aromatic heterocycles. The van der Waals surface area contributed by atoms with Crippen molar-refractivity contribution in [1.82, 2.24) is 24.5 Å². The van der Waals surface area contributed by atoms with Gasteiger partial charge in [-0.2, -0.15) is 0 Å². The Labute approximate surface area is 304 Å². The van der Waals surface area contributed by atoms with Crippen molar-refractivity contribution in [3.63, 3.8) is 0 Å². The van der Waals surface area contributed by atoms with Gasteiger partial charge in [-0.3, -0.25) is 4.57 Å². The van der Waals surface area contributed by atoms with Crippen molar-refractivity contribution in [3.8, 4) is 62.4 Å². The predicted molar refractivity (Wildman–Crippen MR) is 215 cm³/mol. The fourth-order valence-corrected chi connectivity index (χ4v) is 8.13. The highest BCUT2D eigenvalue weighted by Gasteiger charge is 2.20. The van der Waals surface area contributed by atoms with Gasteiger partial charge in [-0.25, -0.2) is 19.9 Å². The second kappa shape index (κ2) is 12.5. The van der Waals surface area contributed by atoms with Crippen LogP contribution in [0.25, 0.3) is 93.6 Å². The maximum atomic E-state index is 5.20. The summed E-state index contributed by atoms with van der Waals surface area (Å²) < 4.78 is 4.62. The van der Waals surface area contributed by atoms with Gasteiger partial charge in [-0.1, -0.05) is 121 Å². The van der Waals surface area contributed by atoms with E-state index in [0.29, 0.717) is 17.5 Å². The lowest BCUT2D eigenvalue weighted by atomic mass is 10.0. The first-order chi connectivity index (χ1) is 25.8. The molecule has 0 amide bonds. The van der Waals surface area contributed by atoms with E-state index in [1.165, 1.54) is 9.40 Å². The fourth-order valence-electron chi connectivity index (χ4n) is 7.02. The number of aromatic nitrogens is 5. The van der Waals surface area contributed by atoms with E-state index in [-0.39, 0.29) is 0 Å². The quantitative estimate of drug-likeness (QED) is 0.175. The van der Waals surface area contributed by atoms with Crippen LogP contribution >= 0.6 is 11.3 Å². The minimum absolute atomic E-state index is 0.635. The van der Waals surface area contributed by atoms with Gasteiger partial charge in [0.1, 0.15) is 5.82 Å². The fraction of sp³-hybridized carbons (Fsp3) is 0. The Kier molecular flexibility index (Phi) is 7.25. The molecular formula is C46H29N5S. The molecule has 0 unspecified atom stereocenters. The molecule has 10 aromatic rings. The molecule has 52 heavy (non-hydrogen) atoms. The third-order valence-electron chi connectivity index (χ3n) is 9.46. The summed E-state index contributed by atoms with van der Waals surface area (Å²) in [4.78, 5) is 20.6. The normalized spacial score (nSPS) is 11.5. The first kappa shape index (κ1) is 30.1. The SMILES string of the molecule is c1ccc(-c2cccc(-c3nc(-c4ccccc4)nc(-c4cccc5sc6ccc(-c7nc8ccccc8n7-c7ccccc7)cc6c45)n3)c2)cc1. The van der Waals surface area contributed by atoms with E-state index in [1.54, 1.807) is 11.3 Å². The molecule has 0 saturated carbocycles. The summed E-state index contributed by atoms with van der Waals surface area (Å²) in [6, 6.07) is 60.9. The average molecular weight is 684 g/mol. The first-order valence-corrected chi connectivity index (χ1v) is 18.0. The van der Waals surface area contributed by atoms with E-state index in [4.69, 9.17) is 19.9 Å². The molecule has 0 bridgehead atoms. The molecule has 6 heteroatoms. The lowest BCUT2D eigenvalue weighted by Gasteiger charge is -2.11. The van der Waals surface area contributed by atoms with Gasteiger partial charge in [-0.05, 0) is 65.7 Å². The second-order valence-electron chi connectivity index (χ2n) is 12.7. The highest BCUT2D eigenvalue weighted by molar-refractivity contribution is 7.26. The van der Waals surface area contributed by atoms with Crippen LogP contribution < -0.4 is 0 Å². The third-order valence-corrected chi connectivity index (χ3v) is 10.6. The Bertz CT molecular complexity index is 2900. The van der Waals surface area contributed by atoms with Crippen LogP contribution in [0.1, 0.15) is 0 Å². The van der Waals surface area contributed by atoms with Gasteiger partial charge in [0.25, 0.3) is 0 Å². The molecule has 10 rings (SSSR count). The van der Waals surface area contributed by atoms with Gasteiger partial charge in [0.2, 0.25) is 0 Å². The second-order valence-corrected chi connectivity index (χ2v) is 13.8. The van der Waals surface area contributed by atoms with Crippen LogP contribution in [0.3, 0.4) is 0 Å². The van der Waals surface area contributed by atoms with E-state index in [0.717, 1.165) is 66.7 Å². The first-order valence-electron chi connectivity index (χ1n) is 17.2. The summed E-state index contributed by atoms with van der Waals surface area (Å²) in [6.45, 7) is 0. The molecule has 244 valence electrons. The van der Waals surface area contributed by atoms with E-state index in [1.807, 2.05) is 36.4 Å². The van der Waals surface area contributed by atoms with E-state index < -0.39 is 0 Å². The van der Waals surface area contributed by atoms with Gasteiger partial charge in [0.15, 0.2) is 17.5 Å². The molecule has 3 heterocycles. The van der Waals surface area contributed by atoms with E-state index in [2.05, 4.69) is 144 Å². The minimum Gasteiger partial charge on any atom is -0.292 e. The van der Waals surface area contributed by atoms with Crippen LogP contribution in [0.2, 0.25) is 0 Å². The number of fused-ring (bicyclic) bond motifs is 4. The van der Waals surface area contributed by atoms with E-state index in [9.17, 15) is 0 Å². The molecule has 7 aromatic carbocycles. The molecule has 0 aliphatic rings. The summed E-state index contributed by atoms with van der Waals surface area (Å²) in [5.41, 5.74) is 9.25. The molecule has 0 saturated heterocycles. The van der Waals surface area contributed by atoms with Crippen LogP contribution in [0.5, 0.6) is 0 Å². The molecular weight excluding hydrogens is 655 g/mol. The maximum absolute atomic E-state index is 5.20. The van der Waals surface area contributed by atoms with Crippen LogP contribution in [0.4, 0.5) is 0 Å². The number of hydrogen-bond acceptors (Lipinski definition) is 5. The largest absolute Gasteiger partial charge is 0.292 e. The summed E-state index contributed by atoms with van der Waals surface area (Å²) >= 11 is 1.78. The van der Waals surface area contributed by atoms with Gasteiger partial charge >= 0.3 is 0 Å². The number of hydrogen-bond donors (Lipinski definition) is 0. The lowest BCUT2D eigenvalue weighted by molar-refractivity contribution is 1.08. The van der Waals surface area contributed by atoms with Crippen molar-refractivity contribution >= 4 is 42.5 Å². The topological polar surface area (TPSA) is 56.5 Å². The van der Waals surface area contributed by atoms with Crippen LogP contribution in [0, 0.1) is 0 Å². The number of para-hydroxylation sites is 3. The number of imidazole rings is 1. The van der Waals surface area contributed by atoms with Gasteiger partial charge < -0.3 is 0 Å². The van der Waals surface area contributed by atoms with Gasteiger partial charge in [0.05, 0.1) is 11.0 Å². The molecule has 0 spiro atoms. The molecule has 0 N–H and O–H groups in total. The van der Waals surface area contributed by atoms with Gasteiger partial charge in [0, 0.05) is 48.1 Å². The van der Waals surface area contributed by atoms with Crippen molar-refractivity contribution < 1.29 is 0 Å². The smallest absolute Gasteiger partial charge is 0.164 e. The molecule has 5 nitrogen and oxygen atoms in total. The van der Waals surface area contributed by atoms with Crippen molar-refractivity contribution in [2.75, 3.05) is 0 Å². The Morgan fingerprint density at radius 1 is 0.404 bits per heavy atom. The maximum Gasteiger partial charge on any atom is 0.164 e. The van der Waals surface area contributed by atoms with Crippen LogP contribution in [0.15, 0.2) is 176 Å². The molecule has 0 atom stereocenters. The van der Waals surface area contributed by atoms with Crippen molar-refractivity contribution in [2.24, 2.45) is 0 Å². The Balaban J connectivity index is 1.18. The monoisotopic (exact) mass is 683 g/mol. The zero-order chi connectivity index (χ0) is 34.4. The third kappa shape index (κ3) is 5.25. The number of thiophene rings is 1. The minimum atomic E-state index is 0.635. The molecule has 0 aliphatic heterocycles. The van der Waals surface area contributed by atoms with Crippen molar-refractivity contribution in [1.29, 1.82) is 0 Å². The predicted octanol–water partition coefficient (Wildman–Crippen LogP) is 11.9. The van der Waals surface area contributed by atoms with Crippen molar-refractivity contribution in [3.05, 3.63) is 176 Å². The molecule has 0 fully saturated rings. The summed E-state index contributed by atoms with van der Waals surface area (Å²) in [6.07, 6.45) is 0. The molecule has 0 aliphatic carbocycles. The zero-order valence-electron chi connectivity index (χ0n) is 27.9. The Morgan fingerprint density at radius 2 is 1.04 bits per heavy atom. The van der Waals surface area contributed by atoms with Crippen molar-refractivity contribution in [2.45, 2.75) is 0 Å². The Hall–Kier alpha value is -6.76. The highest BCUT2D eigenvalue weighted by Crippen LogP contribution is 2.42.